The molecule has 1 aromatic rings. The number of ether oxygens (including phenoxy) is 2. The van der Waals surface area contributed by atoms with E-state index in [0.29, 0.717) is 17.9 Å². The molecule has 182 valence electrons. The molecule has 0 radical (unpaired) electrons. The number of epoxide rings is 1. The highest BCUT2D eigenvalue weighted by Gasteiger charge is 2.40. The van der Waals surface area contributed by atoms with E-state index in [0.717, 1.165) is 56.3 Å². The molecular weight excluding hydrogens is 414 g/mol. The molecule has 1 saturated heterocycles. The predicted octanol–water partition coefficient (Wildman–Crippen LogP) is 6.65. The number of benzene rings is 1. The number of aromatic hydroxyl groups is 1. The fraction of sp³-hybridized carbons (Fsp3) is 0.607. The van der Waals surface area contributed by atoms with Gasteiger partial charge in [0.2, 0.25) is 0 Å². The van der Waals surface area contributed by atoms with Gasteiger partial charge in [-0.2, -0.15) is 0 Å². The van der Waals surface area contributed by atoms with Crippen LogP contribution in [-0.4, -0.2) is 30.5 Å². The van der Waals surface area contributed by atoms with Gasteiger partial charge in [-0.3, -0.25) is 0 Å². The van der Waals surface area contributed by atoms with E-state index in [4.69, 9.17) is 9.47 Å². The van der Waals surface area contributed by atoms with E-state index >= 15 is 0 Å². The quantitative estimate of drug-likeness (QED) is 0.235. The number of hydrogen-bond donors (Lipinski definition) is 2. The number of allylic oxidation sites excluding steroid dienone is 3. The van der Waals surface area contributed by atoms with Crippen molar-refractivity contribution in [3.05, 3.63) is 47.1 Å². The maximum Gasteiger partial charge on any atom is 0.412 e. The van der Waals surface area contributed by atoms with Crippen LogP contribution in [0.15, 0.2) is 35.9 Å². The van der Waals surface area contributed by atoms with E-state index in [1.165, 1.54) is 5.57 Å². The highest BCUT2D eigenvalue weighted by Crippen LogP contribution is 2.47. The molecule has 1 aliphatic heterocycles. The van der Waals surface area contributed by atoms with Crippen LogP contribution in [0.5, 0.6) is 11.5 Å². The van der Waals surface area contributed by atoms with Gasteiger partial charge >= 0.3 is 6.09 Å². The van der Waals surface area contributed by atoms with E-state index < -0.39 is 6.09 Å². The summed E-state index contributed by atoms with van der Waals surface area (Å²) in [5.74, 6) is 0.768. The summed E-state index contributed by atoms with van der Waals surface area (Å²) in [5.41, 5.74) is 3.88. The highest BCUT2D eigenvalue weighted by molar-refractivity contribution is 5.72. The van der Waals surface area contributed by atoms with Gasteiger partial charge in [0.1, 0.15) is 11.5 Å². The largest absolute Gasteiger partial charge is 0.507 e. The van der Waals surface area contributed by atoms with Crippen molar-refractivity contribution in [1.29, 1.82) is 0 Å². The van der Waals surface area contributed by atoms with Gasteiger partial charge in [-0.25, -0.2) is 4.79 Å². The second-order valence-corrected chi connectivity index (χ2v) is 10.6. The van der Waals surface area contributed by atoms with Gasteiger partial charge in [-0.1, -0.05) is 57.4 Å². The lowest BCUT2D eigenvalue weighted by molar-refractivity contribution is 0.185. The first-order valence-electron chi connectivity index (χ1n) is 12.4. The van der Waals surface area contributed by atoms with E-state index in [1.54, 1.807) is 0 Å². The normalized spacial score (nSPS) is 22.5. The van der Waals surface area contributed by atoms with Gasteiger partial charge in [-0.15, -0.1) is 0 Å². The van der Waals surface area contributed by atoms with E-state index in [1.807, 2.05) is 19.1 Å². The summed E-state index contributed by atoms with van der Waals surface area (Å²) < 4.78 is 11.3. The number of amides is 1. The molecular formula is C28H41NO4. The predicted molar refractivity (Wildman–Crippen MR) is 133 cm³/mol. The summed E-state index contributed by atoms with van der Waals surface area (Å²) in [5, 5.41) is 14.0. The van der Waals surface area contributed by atoms with Crippen molar-refractivity contribution in [1.82, 2.24) is 5.32 Å². The summed E-state index contributed by atoms with van der Waals surface area (Å²) in [6.07, 6.45) is 7.99. The van der Waals surface area contributed by atoms with Crippen LogP contribution < -0.4 is 10.1 Å². The first-order chi connectivity index (χ1) is 15.6. The second kappa shape index (κ2) is 10.8. The number of hydrogen-bond acceptors (Lipinski definition) is 4. The minimum Gasteiger partial charge on any atom is -0.507 e. The maximum atomic E-state index is 12.8. The monoisotopic (exact) mass is 455 g/mol. The molecule has 2 N–H and O–H groups in total. The molecule has 5 heteroatoms. The first kappa shape index (κ1) is 25.4. The average Bonchev–Trinajstić information content (AvgIpc) is 3.58. The lowest BCUT2D eigenvalue weighted by Crippen LogP contribution is -2.38. The van der Waals surface area contributed by atoms with Crippen molar-refractivity contribution in [3.63, 3.8) is 0 Å². The number of phenols is 1. The standard InChI is InChI=1S/C28H41NO4/c1-7-8-9-10-20-14-23(30)26(22-13-19(4)11-12-21(22)18(2)3)24(15-20)33-27(31)29-17-28(5,6)25-16-32-25/h13-15,21-22,25,30H,2,7-12,16-17H2,1,3-6H3,(H,29,31)/t21-,22+,25?/m0/s1. The third kappa shape index (κ3) is 6.63. The lowest BCUT2D eigenvalue weighted by Gasteiger charge is -2.32. The summed E-state index contributed by atoms with van der Waals surface area (Å²) in [7, 11) is 0. The number of carbonyl (C=O) groups is 1. The molecule has 2 aliphatic rings. The SMILES string of the molecule is C=C(C)[C@@H]1CCC(C)=C[C@H]1c1c(O)cc(CCCCC)cc1OC(=O)NCC(C)(C)C1CO1. The molecule has 33 heavy (non-hydrogen) atoms. The molecule has 1 heterocycles. The van der Waals surface area contributed by atoms with Crippen molar-refractivity contribution in [2.24, 2.45) is 11.3 Å². The maximum absolute atomic E-state index is 12.8. The van der Waals surface area contributed by atoms with Crippen LogP contribution in [-0.2, 0) is 11.2 Å². The van der Waals surface area contributed by atoms with Crippen LogP contribution in [0.3, 0.4) is 0 Å². The molecule has 3 rings (SSSR count). The number of nitrogens with one attached hydrogen (secondary N) is 1. The zero-order valence-electron chi connectivity index (χ0n) is 21.0. The van der Waals surface area contributed by atoms with Gasteiger partial charge in [0, 0.05) is 23.4 Å². The smallest absolute Gasteiger partial charge is 0.412 e. The summed E-state index contributed by atoms with van der Waals surface area (Å²) in [6, 6.07) is 3.78. The molecule has 1 aliphatic carbocycles. The fourth-order valence-electron chi connectivity index (χ4n) is 4.77. The molecule has 5 nitrogen and oxygen atoms in total. The molecule has 0 spiro atoms. The Hall–Kier alpha value is -2.27. The van der Waals surface area contributed by atoms with E-state index in [9.17, 15) is 9.90 Å². The van der Waals surface area contributed by atoms with Crippen molar-refractivity contribution in [2.45, 2.75) is 85.2 Å². The molecule has 0 aromatic heterocycles. The summed E-state index contributed by atoms with van der Waals surface area (Å²) in [4.78, 5) is 12.8. The fourth-order valence-corrected chi connectivity index (χ4v) is 4.77. The van der Waals surface area contributed by atoms with Crippen LogP contribution in [0.25, 0.3) is 0 Å². The van der Waals surface area contributed by atoms with Gasteiger partial charge in [-0.05, 0) is 63.1 Å². The number of phenolic OH excluding ortho intramolecular Hbond substituents is 1. The van der Waals surface area contributed by atoms with Crippen LogP contribution in [0.1, 0.15) is 83.8 Å². The summed E-state index contributed by atoms with van der Waals surface area (Å²) in [6.45, 7) is 15.9. The minimum atomic E-state index is -0.501. The van der Waals surface area contributed by atoms with Crippen LogP contribution in [0.4, 0.5) is 4.79 Å². The van der Waals surface area contributed by atoms with Crippen LogP contribution >= 0.6 is 0 Å². The number of aryl methyl sites for hydroxylation is 1. The van der Waals surface area contributed by atoms with Crippen molar-refractivity contribution in [2.75, 3.05) is 13.2 Å². The first-order valence-corrected chi connectivity index (χ1v) is 12.4. The average molecular weight is 456 g/mol. The third-order valence-electron chi connectivity index (χ3n) is 7.06. The lowest BCUT2D eigenvalue weighted by atomic mass is 9.73. The zero-order valence-corrected chi connectivity index (χ0v) is 21.0. The van der Waals surface area contributed by atoms with E-state index in [-0.39, 0.29) is 29.1 Å². The Morgan fingerprint density at radius 3 is 2.70 bits per heavy atom. The van der Waals surface area contributed by atoms with E-state index in [2.05, 4.69) is 45.7 Å². The third-order valence-corrected chi connectivity index (χ3v) is 7.06. The highest BCUT2D eigenvalue weighted by atomic mass is 16.6. The topological polar surface area (TPSA) is 71.1 Å². The molecule has 0 bridgehead atoms. The molecule has 0 saturated carbocycles. The Morgan fingerprint density at radius 1 is 1.33 bits per heavy atom. The van der Waals surface area contributed by atoms with Gasteiger partial charge < -0.3 is 19.9 Å². The van der Waals surface area contributed by atoms with Crippen molar-refractivity contribution in [3.8, 4) is 11.5 Å². The van der Waals surface area contributed by atoms with Crippen molar-refractivity contribution < 1.29 is 19.4 Å². The van der Waals surface area contributed by atoms with Crippen molar-refractivity contribution >= 4 is 6.09 Å². The Labute approximate surface area is 199 Å². The van der Waals surface area contributed by atoms with Crippen LogP contribution in [0.2, 0.25) is 0 Å². The Balaban J connectivity index is 1.89. The molecule has 1 fully saturated rings. The number of unbranched alkanes of at least 4 members (excludes halogenated alkanes) is 2. The molecule has 1 amide bonds. The minimum absolute atomic E-state index is 0.0694. The van der Waals surface area contributed by atoms with Crippen LogP contribution in [0, 0.1) is 11.3 Å². The number of carbonyl (C=O) groups excluding carboxylic acids is 1. The molecule has 3 atom stereocenters. The second-order valence-electron chi connectivity index (χ2n) is 10.6. The zero-order chi connectivity index (χ0) is 24.2. The molecule has 1 unspecified atom stereocenters. The van der Waals surface area contributed by atoms with Gasteiger partial charge in [0.15, 0.2) is 0 Å². The van der Waals surface area contributed by atoms with Gasteiger partial charge in [0.05, 0.1) is 12.7 Å². The van der Waals surface area contributed by atoms with Gasteiger partial charge in [0.25, 0.3) is 0 Å². The summed E-state index contributed by atoms with van der Waals surface area (Å²) >= 11 is 0. The Kier molecular flexibility index (Phi) is 8.28. The Morgan fingerprint density at radius 2 is 2.06 bits per heavy atom. The number of rotatable bonds is 10. The Bertz CT molecular complexity index is 897. The molecule has 1 aromatic carbocycles.